The van der Waals surface area contributed by atoms with E-state index in [1.165, 1.54) is 5.56 Å². The number of rotatable bonds is 1. The van der Waals surface area contributed by atoms with Gasteiger partial charge in [-0.1, -0.05) is 15.9 Å². The van der Waals surface area contributed by atoms with Crippen molar-refractivity contribution in [2.45, 2.75) is 12.8 Å². The Morgan fingerprint density at radius 1 is 1.53 bits per heavy atom. The Labute approximate surface area is 97.4 Å². The number of fused-ring (bicyclic) bond motifs is 1. The van der Waals surface area contributed by atoms with Gasteiger partial charge in [-0.2, -0.15) is 0 Å². The summed E-state index contributed by atoms with van der Waals surface area (Å²) in [5.41, 5.74) is 7.62. The van der Waals surface area contributed by atoms with Gasteiger partial charge in [0.2, 0.25) is 5.91 Å². The zero-order valence-electron chi connectivity index (χ0n) is 8.37. The van der Waals surface area contributed by atoms with Gasteiger partial charge in [0.1, 0.15) is 0 Å². The van der Waals surface area contributed by atoms with E-state index in [1.807, 2.05) is 12.1 Å². The van der Waals surface area contributed by atoms with E-state index in [0.29, 0.717) is 0 Å². The highest BCUT2D eigenvalue weighted by molar-refractivity contribution is 9.10. The van der Waals surface area contributed by atoms with Crippen LogP contribution >= 0.6 is 15.9 Å². The molecule has 0 saturated heterocycles. The van der Waals surface area contributed by atoms with Crippen LogP contribution in [0, 0.1) is 0 Å². The molecule has 0 radical (unpaired) electrons. The maximum Gasteiger partial charge on any atom is 0.240 e. The number of nitrogens with zero attached hydrogens (tertiary/aromatic N) is 1. The summed E-state index contributed by atoms with van der Waals surface area (Å²) >= 11 is 3.44. The fourth-order valence-corrected chi connectivity index (χ4v) is 2.34. The summed E-state index contributed by atoms with van der Waals surface area (Å²) in [5, 5.41) is 0. The first kappa shape index (κ1) is 10.6. The van der Waals surface area contributed by atoms with Crippen LogP contribution in [0.2, 0.25) is 0 Å². The third-order valence-corrected chi connectivity index (χ3v) is 3.13. The van der Waals surface area contributed by atoms with E-state index >= 15 is 0 Å². The number of halogens is 1. The van der Waals surface area contributed by atoms with Crippen LogP contribution in [-0.2, 0) is 11.2 Å². The fraction of sp³-hybridized carbons (Fsp3) is 0.364. The molecule has 80 valence electrons. The Morgan fingerprint density at radius 3 is 3.07 bits per heavy atom. The van der Waals surface area contributed by atoms with E-state index in [-0.39, 0.29) is 12.5 Å². The standard InChI is InChI=1S/C11H13BrN2O/c12-9-3-4-10-8(6-9)2-1-5-14(10)11(15)7-13/h3-4,6H,1-2,5,7,13H2. The summed E-state index contributed by atoms with van der Waals surface area (Å²) in [6.07, 6.45) is 2.04. The monoisotopic (exact) mass is 268 g/mol. The number of carbonyl (C=O) groups is 1. The average Bonchev–Trinajstić information content (AvgIpc) is 2.26. The van der Waals surface area contributed by atoms with Crippen molar-refractivity contribution in [3.05, 3.63) is 28.2 Å². The van der Waals surface area contributed by atoms with Crippen molar-refractivity contribution in [2.24, 2.45) is 5.73 Å². The molecule has 0 spiro atoms. The lowest BCUT2D eigenvalue weighted by Gasteiger charge is -2.29. The van der Waals surface area contributed by atoms with Crippen molar-refractivity contribution in [1.82, 2.24) is 0 Å². The second-order valence-corrected chi connectivity index (χ2v) is 4.54. The highest BCUT2D eigenvalue weighted by Crippen LogP contribution is 2.29. The minimum Gasteiger partial charge on any atom is -0.322 e. The van der Waals surface area contributed by atoms with Crippen LogP contribution in [0.15, 0.2) is 22.7 Å². The summed E-state index contributed by atoms with van der Waals surface area (Å²) in [7, 11) is 0. The molecular weight excluding hydrogens is 256 g/mol. The topological polar surface area (TPSA) is 46.3 Å². The molecule has 0 aliphatic carbocycles. The molecule has 0 fully saturated rings. The summed E-state index contributed by atoms with van der Waals surface area (Å²) in [5.74, 6) is -0.00160. The van der Waals surface area contributed by atoms with Gasteiger partial charge in [-0.3, -0.25) is 4.79 Å². The van der Waals surface area contributed by atoms with Crippen LogP contribution in [-0.4, -0.2) is 19.0 Å². The number of carbonyl (C=O) groups excluding carboxylic acids is 1. The number of benzene rings is 1. The molecule has 1 aliphatic heterocycles. The molecule has 0 aromatic heterocycles. The molecule has 4 heteroatoms. The molecule has 0 unspecified atom stereocenters. The second-order valence-electron chi connectivity index (χ2n) is 3.63. The van der Waals surface area contributed by atoms with Crippen LogP contribution in [0.5, 0.6) is 0 Å². The van der Waals surface area contributed by atoms with E-state index in [4.69, 9.17) is 5.73 Å². The van der Waals surface area contributed by atoms with Crippen molar-refractivity contribution in [2.75, 3.05) is 18.0 Å². The van der Waals surface area contributed by atoms with Gasteiger partial charge in [-0.15, -0.1) is 0 Å². The molecule has 15 heavy (non-hydrogen) atoms. The number of nitrogens with two attached hydrogens (primary N) is 1. The average molecular weight is 269 g/mol. The van der Waals surface area contributed by atoms with Gasteiger partial charge in [-0.05, 0) is 36.6 Å². The van der Waals surface area contributed by atoms with Crippen LogP contribution < -0.4 is 10.6 Å². The van der Waals surface area contributed by atoms with Crippen molar-refractivity contribution in [3.8, 4) is 0 Å². The van der Waals surface area contributed by atoms with Crippen molar-refractivity contribution < 1.29 is 4.79 Å². The summed E-state index contributed by atoms with van der Waals surface area (Å²) < 4.78 is 1.06. The van der Waals surface area contributed by atoms with Crippen LogP contribution in [0.3, 0.4) is 0 Å². The molecular formula is C11H13BrN2O. The molecule has 1 heterocycles. The fourth-order valence-electron chi connectivity index (χ4n) is 1.93. The number of aryl methyl sites for hydroxylation is 1. The molecule has 1 aromatic carbocycles. The van der Waals surface area contributed by atoms with Gasteiger partial charge in [0, 0.05) is 16.7 Å². The normalized spacial score (nSPS) is 14.9. The Bertz CT molecular complexity index is 392. The molecule has 2 N–H and O–H groups in total. The van der Waals surface area contributed by atoms with E-state index < -0.39 is 0 Å². The van der Waals surface area contributed by atoms with Gasteiger partial charge in [0.25, 0.3) is 0 Å². The Balaban J connectivity index is 2.38. The molecule has 2 rings (SSSR count). The molecule has 0 bridgehead atoms. The van der Waals surface area contributed by atoms with Gasteiger partial charge in [-0.25, -0.2) is 0 Å². The largest absolute Gasteiger partial charge is 0.322 e. The molecule has 1 amide bonds. The lowest BCUT2D eigenvalue weighted by Crippen LogP contribution is -2.39. The van der Waals surface area contributed by atoms with Gasteiger partial charge < -0.3 is 10.6 Å². The van der Waals surface area contributed by atoms with Crippen LogP contribution in [0.1, 0.15) is 12.0 Å². The minimum atomic E-state index is -0.00160. The molecule has 1 aliphatic rings. The first-order chi connectivity index (χ1) is 7.22. The van der Waals surface area contributed by atoms with Crippen molar-refractivity contribution in [3.63, 3.8) is 0 Å². The number of amides is 1. The van der Waals surface area contributed by atoms with E-state index in [0.717, 1.165) is 29.5 Å². The summed E-state index contributed by atoms with van der Waals surface area (Å²) in [6, 6.07) is 6.01. The van der Waals surface area contributed by atoms with Gasteiger partial charge in [0.15, 0.2) is 0 Å². The van der Waals surface area contributed by atoms with Crippen LogP contribution in [0.4, 0.5) is 5.69 Å². The van der Waals surface area contributed by atoms with Crippen molar-refractivity contribution in [1.29, 1.82) is 0 Å². The molecule has 1 aromatic rings. The van der Waals surface area contributed by atoms with E-state index in [1.54, 1.807) is 4.90 Å². The van der Waals surface area contributed by atoms with E-state index in [9.17, 15) is 4.79 Å². The zero-order valence-corrected chi connectivity index (χ0v) is 9.96. The molecule has 0 saturated carbocycles. The number of anilines is 1. The van der Waals surface area contributed by atoms with Gasteiger partial charge in [0.05, 0.1) is 6.54 Å². The van der Waals surface area contributed by atoms with E-state index in [2.05, 4.69) is 22.0 Å². The number of hydrogen-bond acceptors (Lipinski definition) is 2. The highest BCUT2D eigenvalue weighted by atomic mass is 79.9. The number of hydrogen-bond donors (Lipinski definition) is 1. The zero-order chi connectivity index (χ0) is 10.8. The smallest absolute Gasteiger partial charge is 0.240 e. The lowest BCUT2D eigenvalue weighted by molar-refractivity contribution is -0.117. The third kappa shape index (κ3) is 2.06. The maximum atomic E-state index is 11.6. The molecule has 0 atom stereocenters. The molecule has 3 nitrogen and oxygen atoms in total. The lowest BCUT2D eigenvalue weighted by atomic mass is 10.0. The summed E-state index contributed by atoms with van der Waals surface area (Å²) in [6.45, 7) is 0.861. The highest BCUT2D eigenvalue weighted by Gasteiger charge is 2.21. The third-order valence-electron chi connectivity index (χ3n) is 2.64. The van der Waals surface area contributed by atoms with Crippen LogP contribution in [0.25, 0.3) is 0 Å². The Kier molecular flexibility index (Phi) is 3.07. The SMILES string of the molecule is NCC(=O)N1CCCc2cc(Br)ccc21. The predicted molar refractivity (Wildman–Crippen MR) is 63.9 cm³/mol. The quantitative estimate of drug-likeness (QED) is 0.843. The first-order valence-corrected chi connectivity index (χ1v) is 5.80. The Hall–Kier alpha value is -0.870. The minimum absolute atomic E-state index is 0.00160. The Morgan fingerprint density at radius 2 is 2.33 bits per heavy atom. The maximum absolute atomic E-state index is 11.6. The predicted octanol–water partition coefficient (Wildman–Crippen LogP) is 1.69. The second kappa shape index (κ2) is 4.33. The van der Waals surface area contributed by atoms with Gasteiger partial charge >= 0.3 is 0 Å². The van der Waals surface area contributed by atoms with Crippen molar-refractivity contribution >= 4 is 27.5 Å². The summed E-state index contributed by atoms with van der Waals surface area (Å²) in [4.78, 5) is 13.4. The first-order valence-electron chi connectivity index (χ1n) is 5.01.